The van der Waals surface area contributed by atoms with E-state index in [2.05, 4.69) is 29.8 Å². The topological polar surface area (TPSA) is 119 Å². The number of benzene rings is 1. The minimum atomic E-state index is -0.369. The zero-order valence-corrected chi connectivity index (χ0v) is 19.7. The van der Waals surface area contributed by atoms with Crippen LogP contribution in [0.25, 0.3) is 22.2 Å². The first-order valence-electron chi connectivity index (χ1n) is 11.8. The van der Waals surface area contributed by atoms with Crippen LogP contribution in [0.2, 0.25) is 0 Å². The van der Waals surface area contributed by atoms with E-state index in [4.69, 9.17) is 15.6 Å². The van der Waals surface area contributed by atoms with Crippen LogP contribution >= 0.6 is 0 Å². The van der Waals surface area contributed by atoms with Crippen molar-refractivity contribution in [3.05, 3.63) is 70.8 Å². The van der Waals surface area contributed by atoms with Crippen LogP contribution in [0.1, 0.15) is 38.6 Å². The molecule has 1 aliphatic heterocycles. The number of rotatable bonds is 5. The van der Waals surface area contributed by atoms with Crippen LogP contribution in [-0.2, 0) is 4.79 Å². The Balaban J connectivity index is 1.53. The first-order valence-corrected chi connectivity index (χ1v) is 11.8. The fourth-order valence-electron chi connectivity index (χ4n) is 4.75. The maximum atomic E-state index is 12.9. The van der Waals surface area contributed by atoms with Crippen molar-refractivity contribution in [3.63, 3.8) is 0 Å². The number of anilines is 1. The Kier molecular flexibility index (Phi) is 5.98. The van der Waals surface area contributed by atoms with E-state index in [1.807, 2.05) is 30.3 Å². The largest absolute Gasteiger partial charge is 0.457 e. The van der Waals surface area contributed by atoms with Crippen molar-refractivity contribution in [2.75, 3.05) is 18.8 Å². The molecule has 1 fully saturated rings. The summed E-state index contributed by atoms with van der Waals surface area (Å²) in [6.45, 7) is 6.76. The van der Waals surface area contributed by atoms with Crippen LogP contribution in [0.5, 0.6) is 5.75 Å². The first-order chi connectivity index (χ1) is 17.0. The number of piperidine rings is 1. The van der Waals surface area contributed by atoms with E-state index >= 15 is 0 Å². The van der Waals surface area contributed by atoms with Crippen molar-refractivity contribution in [1.82, 2.24) is 24.9 Å². The second-order valence-corrected chi connectivity index (χ2v) is 8.95. The third kappa shape index (κ3) is 4.25. The van der Waals surface area contributed by atoms with E-state index in [0.717, 1.165) is 37.0 Å². The van der Waals surface area contributed by atoms with Crippen molar-refractivity contribution in [2.24, 2.45) is 0 Å². The monoisotopic (exact) mass is 472 g/mol. The molecule has 0 radical (unpaired) electrons. The lowest BCUT2D eigenvalue weighted by atomic mass is 10.1. The highest BCUT2D eigenvalue weighted by Crippen LogP contribution is 2.34. The number of carbonyl (C=O) groups excluding carboxylic acids is 1. The summed E-state index contributed by atoms with van der Waals surface area (Å²) in [7, 11) is 0. The molecule has 3 aromatic rings. The number of likely N-dealkylation sites (tertiary alicyclic amines) is 1. The molecule has 9 nitrogen and oxygen atoms in total. The Morgan fingerprint density at radius 3 is 2.86 bits per heavy atom. The fourth-order valence-corrected chi connectivity index (χ4v) is 4.75. The summed E-state index contributed by atoms with van der Waals surface area (Å²) in [6, 6.07) is 7.40. The quantitative estimate of drug-likeness (QED) is 0.546. The number of carbonyl (C=O) groups is 1. The average molecular weight is 473 g/mol. The summed E-state index contributed by atoms with van der Waals surface area (Å²) in [4.78, 5) is 26.8. The molecule has 1 aromatic carbocycles. The normalized spacial score (nSPS) is 18.2. The van der Waals surface area contributed by atoms with E-state index in [0.29, 0.717) is 35.4 Å². The summed E-state index contributed by atoms with van der Waals surface area (Å²) in [6.07, 6.45) is 9.03. The predicted molar refractivity (Wildman–Crippen MR) is 135 cm³/mol. The van der Waals surface area contributed by atoms with Gasteiger partial charge >= 0.3 is 0 Å². The Morgan fingerprint density at radius 2 is 2.11 bits per heavy atom. The summed E-state index contributed by atoms with van der Waals surface area (Å²) in [5, 5.41) is 11.8. The lowest BCUT2D eigenvalue weighted by Crippen LogP contribution is -2.40. The Bertz CT molecular complexity index is 1410. The van der Waals surface area contributed by atoms with Gasteiger partial charge in [0.15, 0.2) is 5.82 Å². The molecule has 1 saturated heterocycles. The Labute approximate surface area is 202 Å². The molecule has 3 N–H and O–H groups in total. The summed E-state index contributed by atoms with van der Waals surface area (Å²) in [5.41, 5.74) is 8.79. The molecule has 2 aliphatic rings. The molecular formula is C26H28N6O3. The number of ether oxygens (including phenoxy) is 1. The second-order valence-electron chi connectivity index (χ2n) is 8.95. The molecule has 1 atom stereocenters. The number of hydrogen-bond donors (Lipinski definition) is 2. The van der Waals surface area contributed by atoms with Crippen LogP contribution in [0.3, 0.4) is 0 Å². The van der Waals surface area contributed by atoms with Crippen LogP contribution < -0.4 is 16.0 Å². The first kappa shape index (κ1) is 22.6. The maximum Gasteiger partial charge on any atom is 0.290 e. The zero-order valence-electron chi connectivity index (χ0n) is 19.7. The molecule has 35 heavy (non-hydrogen) atoms. The van der Waals surface area contributed by atoms with Crippen molar-refractivity contribution >= 4 is 22.6 Å². The minimum Gasteiger partial charge on any atom is -0.457 e. The molecule has 180 valence electrons. The summed E-state index contributed by atoms with van der Waals surface area (Å²) < 4.78 is 7.77. The Hall–Kier alpha value is -4.14. The maximum absolute atomic E-state index is 12.9. The van der Waals surface area contributed by atoms with E-state index in [1.165, 1.54) is 11.6 Å². The van der Waals surface area contributed by atoms with Gasteiger partial charge in [0.2, 0.25) is 5.91 Å². The molecule has 2 aromatic heterocycles. The van der Waals surface area contributed by atoms with Gasteiger partial charge in [0.05, 0.1) is 11.4 Å². The van der Waals surface area contributed by atoms with Crippen molar-refractivity contribution < 1.29 is 9.53 Å². The van der Waals surface area contributed by atoms with Gasteiger partial charge in [0.25, 0.3) is 5.56 Å². The molecule has 0 spiro atoms. The van der Waals surface area contributed by atoms with Gasteiger partial charge in [-0.05, 0) is 74.6 Å². The number of allylic oxidation sites excluding steroid dienone is 3. The highest BCUT2D eigenvalue weighted by Gasteiger charge is 2.28. The number of fused-ring (bicyclic) bond motifs is 1. The fraction of sp³-hybridized carbons (Fsp3) is 0.308. The van der Waals surface area contributed by atoms with Gasteiger partial charge in [0, 0.05) is 18.7 Å². The van der Waals surface area contributed by atoms with Crippen LogP contribution in [-0.4, -0.2) is 43.9 Å². The van der Waals surface area contributed by atoms with E-state index < -0.39 is 0 Å². The number of aromatic amines is 1. The number of nitrogens with zero attached hydrogens (tertiary/aromatic N) is 4. The second kappa shape index (κ2) is 9.25. The number of nitrogens with one attached hydrogen (secondary N) is 1. The number of hydrogen-bond acceptors (Lipinski definition) is 6. The van der Waals surface area contributed by atoms with Gasteiger partial charge in [-0.25, -0.2) is 5.10 Å². The molecule has 9 heteroatoms. The molecule has 0 saturated carbocycles. The lowest BCUT2D eigenvalue weighted by molar-refractivity contribution is -0.127. The summed E-state index contributed by atoms with van der Waals surface area (Å²) >= 11 is 0. The van der Waals surface area contributed by atoms with Gasteiger partial charge < -0.3 is 15.4 Å². The van der Waals surface area contributed by atoms with Crippen molar-refractivity contribution in [2.45, 2.75) is 38.6 Å². The van der Waals surface area contributed by atoms with Crippen molar-refractivity contribution in [3.8, 4) is 17.0 Å². The third-order valence-corrected chi connectivity index (χ3v) is 6.62. The highest BCUT2D eigenvalue weighted by molar-refractivity contribution is 5.99. The zero-order chi connectivity index (χ0) is 24.5. The number of nitrogen functional groups attached to an aromatic ring is 1. The van der Waals surface area contributed by atoms with Crippen LogP contribution in [0, 0.1) is 0 Å². The number of aromatic nitrogens is 4. The molecule has 3 heterocycles. The van der Waals surface area contributed by atoms with Gasteiger partial charge in [0.1, 0.15) is 22.7 Å². The third-order valence-electron chi connectivity index (χ3n) is 6.62. The van der Waals surface area contributed by atoms with Gasteiger partial charge in [-0.1, -0.05) is 12.7 Å². The number of nitrogens with two attached hydrogens (primary N) is 1. The SMILES string of the molecule is C=CC(=O)N1CCCC(n2nc(-c3ccc(OC4=C(C)CCC=C4)cc3)c3c(N)n[nH]c(=O)c32)C1. The number of amides is 1. The van der Waals surface area contributed by atoms with Crippen LogP contribution in [0.4, 0.5) is 5.82 Å². The molecule has 1 aliphatic carbocycles. The van der Waals surface area contributed by atoms with E-state index in [1.54, 1.807) is 9.58 Å². The van der Waals surface area contributed by atoms with E-state index in [9.17, 15) is 9.59 Å². The highest BCUT2D eigenvalue weighted by atomic mass is 16.5. The molecule has 5 rings (SSSR count). The van der Waals surface area contributed by atoms with Gasteiger partial charge in [-0.3, -0.25) is 14.3 Å². The smallest absolute Gasteiger partial charge is 0.290 e. The van der Waals surface area contributed by atoms with Gasteiger partial charge in [-0.15, -0.1) is 0 Å². The molecular weight excluding hydrogens is 444 g/mol. The average Bonchev–Trinajstić information content (AvgIpc) is 3.30. The predicted octanol–water partition coefficient (Wildman–Crippen LogP) is 3.72. The minimum absolute atomic E-state index is 0.129. The van der Waals surface area contributed by atoms with E-state index in [-0.39, 0.29) is 23.3 Å². The summed E-state index contributed by atoms with van der Waals surface area (Å²) in [5.74, 6) is 1.65. The van der Waals surface area contributed by atoms with Crippen LogP contribution in [0.15, 0.2) is 65.2 Å². The standard InChI is InChI=1S/C26H28N6O3/c1-3-21(33)31-14-6-8-18(15-31)32-24-22(25(27)28-29-26(24)34)23(30-32)17-10-12-19(13-11-17)35-20-9-5-4-7-16(20)2/h3,5,9-13,18H,1,4,6-8,14-15H2,2H3,(H2,27,28)(H,29,34). The Morgan fingerprint density at radius 1 is 1.31 bits per heavy atom. The van der Waals surface area contributed by atoms with Gasteiger partial charge in [-0.2, -0.15) is 10.2 Å². The van der Waals surface area contributed by atoms with Crippen molar-refractivity contribution in [1.29, 1.82) is 0 Å². The molecule has 0 bridgehead atoms. The molecule has 1 unspecified atom stereocenters. The lowest BCUT2D eigenvalue weighted by Gasteiger charge is -2.32. The number of H-pyrrole nitrogens is 1. The molecule has 1 amide bonds.